The van der Waals surface area contributed by atoms with E-state index in [1.54, 1.807) is 6.92 Å². The molecular formula is C15H17F3N6O2S. The van der Waals surface area contributed by atoms with E-state index in [9.17, 15) is 21.6 Å². The normalized spacial score (nSPS) is 20.9. The molecular weight excluding hydrogens is 385 g/mol. The number of imidazole rings is 1. The molecule has 1 fully saturated rings. The topological polar surface area (TPSA) is 104 Å². The van der Waals surface area contributed by atoms with Crippen LogP contribution in [0.1, 0.15) is 18.9 Å². The molecule has 3 rings (SSSR count). The molecule has 146 valence electrons. The van der Waals surface area contributed by atoms with Gasteiger partial charge in [-0.3, -0.25) is 0 Å². The maximum atomic E-state index is 13.2. The molecule has 2 aromatic heterocycles. The molecule has 0 aliphatic carbocycles. The van der Waals surface area contributed by atoms with Gasteiger partial charge in [0.05, 0.1) is 24.5 Å². The number of nitrogens with zero attached hydrogens (tertiary/aromatic N) is 5. The summed E-state index contributed by atoms with van der Waals surface area (Å²) in [4.78, 5) is 18.3. The van der Waals surface area contributed by atoms with Gasteiger partial charge in [0.25, 0.3) is 0 Å². The first-order chi connectivity index (χ1) is 12.6. The van der Waals surface area contributed by atoms with E-state index >= 15 is 0 Å². The van der Waals surface area contributed by atoms with E-state index < -0.39 is 21.8 Å². The SMILES string of the molecule is C[C@@H]1CN(S(C)(=O)=O)CC/C1=N\c1ncc(C(F)(F)F)c(-c2cnc[nH]2)n1. The molecule has 1 saturated heterocycles. The number of rotatable bonds is 3. The van der Waals surface area contributed by atoms with Crippen LogP contribution in [-0.4, -0.2) is 57.7 Å². The zero-order valence-electron chi connectivity index (χ0n) is 14.5. The van der Waals surface area contributed by atoms with Crippen molar-refractivity contribution in [1.29, 1.82) is 0 Å². The van der Waals surface area contributed by atoms with Crippen molar-refractivity contribution in [3.05, 3.63) is 24.3 Å². The Labute approximate surface area is 153 Å². The van der Waals surface area contributed by atoms with Crippen molar-refractivity contribution in [3.63, 3.8) is 0 Å². The molecule has 3 heterocycles. The summed E-state index contributed by atoms with van der Waals surface area (Å²) in [6, 6.07) is 0. The largest absolute Gasteiger partial charge is 0.420 e. The van der Waals surface area contributed by atoms with E-state index in [1.165, 1.54) is 16.8 Å². The number of alkyl halides is 3. The molecule has 1 N–H and O–H groups in total. The monoisotopic (exact) mass is 402 g/mol. The number of aromatic nitrogens is 4. The van der Waals surface area contributed by atoms with E-state index in [0.717, 1.165) is 6.26 Å². The molecule has 0 bridgehead atoms. The molecule has 12 heteroatoms. The van der Waals surface area contributed by atoms with Gasteiger partial charge in [0.2, 0.25) is 16.0 Å². The van der Waals surface area contributed by atoms with Gasteiger partial charge in [0.1, 0.15) is 11.3 Å². The van der Waals surface area contributed by atoms with Crippen LogP contribution in [0, 0.1) is 5.92 Å². The number of H-pyrrole nitrogens is 1. The standard InChI is InChI=1S/C15H17F3N6O2S/c1-9-7-24(27(2,25)26)4-3-11(9)22-14-20-5-10(15(16,17)18)13(23-14)12-6-19-8-21-12/h5-6,8-9H,3-4,7H2,1-2H3,(H,19,21)/b22-11+/t9-/m1/s1. The molecule has 0 saturated carbocycles. The third-order valence-electron chi connectivity index (χ3n) is 4.21. The van der Waals surface area contributed by atoms with Crippen molar-refractivity contribution in [2.45, 2.75) is 19.5 Å². The highest BCUT2D eigenvalue weighted by atomic mass is 32.2. The lowest BCUT2D eigenvalue weighted by Crippen LogP contribution is -2.42. The van der Waals surface area contributed by atoms with Crippen LogP contribution in [0.5, 0.6) is 0 Å². The van der Waals surface area contributed by atoms with Crippen LogP contribution in [0.3, 0.4) is 0 Å². The summed E-state index contributed by atoms with van der Waals surface area (Å²) in [5.74, 6) is -0.308. The first-order valence-corrected chi connectivity index (χ1v) is 9.86. The number of halogens is 3. The van der Waals surface area contributed by atoms with E-state index in [1.807, 2.05) is 0 Å². The predicted molar refractivity (Wildman–Crippen MR) is 91.9 cm³/mol. The zero-order chi connectivity index (χ0) is 19.8. The second-order valence-electron chi connectivity index (χ2n) is 6.27. The first-order valence-electron chi connectivity index (χ1n) is 8.01. The highest BCUT2D eigenvalue weighted by Gasteiger charge is 2.36. The molecule has 0 aromatic carbocycles. The van der Waals surface area contributed by atoms with Crippen molar-refractivity contribution in [2.24, 2.45) is 10.9 Å². The third-order valence-corrected chi connectivity index (χ3v) is 5.48. The van der Waals surface area contributed by atoms with Gasteiger partial charge in [-0.2, -0.15) is 13.2 Å². The van der Waals surface area contributed by atoms with Gasteiger partial charge < -0.3 is 4.98 Å². The van der Waals surface area contributed by atoms with Crippen LogP contribution in [0.25, 0.3) is 11.4 Å². The lowest BCUT2D eigenvalue weighted by Gasteiger charge is -2.30. The Morgan fingerprint density at radius 3 is 2.63 bits per heavy atom. The summed E-state index contributed by atoms with van der Waals surface area (Å²) < 4.78 is 64.4. The van der Waals surface area contributed by atoms with E-state index in [0.29, 0.717) is 18.3 Å². The molecule has 0 radical (unpaired) electrons. The lowest BCUT2D eigenvalue weighted by atomic mass is 9.99. The van der Waals surface area contributed by atoms with Crippen LogP contribution in [0.4, 0.5) is 19.1 Å². The Bertz CT molecular complexity index is 956. The van der Waals surface area contributed by atoms with Gasteiger partial charge in [-0.25, -0.2) is 32.7 Å². The van der Waals surface area contributed by atoms with Crippen molar-refractivity contribution in [1.82, 2.24) is 24.2 Å². The van der Waals surface area contributed by atoms with Crippen molar-refractivity contribution in [2.75, 3.05) is 19.3 Å². The predicted octanol–water partition coefficient (Wildman–Crippen LogP) is 2.26. The fourth-order valence-corrected chi connectivity index (χ4v) is 3.73. The maximum Gasteiger partial charge on any atom is 0.420 e. The number of piperidine rings is 1. The smallest absolute Gasteiger partial charge is 0.343 e. The summed E-state index contributed by atoms with van der Waals surface area (Å²) >= 11 is 0. The molecule has 2 aromatic rings. The zero-order valence-corrected chi connectivity index (χ0v) is 15.3. The maximum absolute atomic E-state index is 13.2. The molecule has 0 unspecified atom stereocenters. The van der Waals surface area contributed by atoms with E-state index in [4.69, 9.17) is 0 Å². The summed E-state index contributed by atoms with van der Waals surface area (Å²) in [5, 5.41) is 0. The summed E-state index contributed by atoms with van der Waals surface area (Å²) in [7, 11) is -3.30. The molecule has 27 heavy (non-hydrogen) atoms. The van der Waals surface area contributed by atoms with Gasteiger partial charge in [-0.05, 0) is 0 Å². The molecule has 8 nitrogen and oxygen atoms in total. The number of hydrogen-bond acceptors (Lipinski definition) is 6. The van der Waals surface area contributed by atoms with Crippen molar-refractivity contribution < 1.29 is 21.6 Å². The highest BCUT2D eigenvalue weighted by Crippen LogP contribution is 2.35. The van der Waals surface area contributed by atoms with Gasteiger partial charge >= 0.3 is 6.18 Å². The van der Waals surface area contributed by atoms with Crippen LogP contribution in [0.2, 0.25) is 0 Å². The lowest BCUT2D eigenvalue weighted by molar-refractivity contribution is -0.137. The summed E-state index contributed by atoms with van der Waals surface area (Å²) in [5.41, 5.74) is -0.581. The van der Waals surface area contributed by atoms with E-state index in [2.05, 4.69) is 24.9 Å². The average Bonchev–Trinajstić information content (AvgIpc) is 3.09. The van der Waals surface area contributed by atoms with Crippen LogP contribution in [-0.2, 0) is 16.2 Å². The average molecular weight is 402 g/mol. The van der Waals surface area contributed by atoms with E-state index in [-0.39, 0.29) is 36.3 Å². The highest BCUT2D eigenvalue weighted by molar-refractivity contribution is 7.88. The Kier molecular flexibility index (Phi) is 5.04. The number of hydrogen-bond donors (Lipinski definition) is 1. The van der Waals surface area contributed by atoms with Gasteiger partial charge in [-0.15, -0.1) is 0 Å². The summed E-state index contributed by atoms with van der Waals surface area (Å²) in [6.45, 7) is 2.32. The Morgan fingerprint density at radius 2 is 2.07 bits per heavy atom. The van der Waals surface area contributed by atoms with Gasteiger partial charge in [-0.1, -0.05) is 6.92 Å². The molecule has 0 spiro atoms. The molecule has 1 aliphatic rings. The van der Waals surface area contributed by atoms with Gasteiger partial charge in [0, 0.05) is 37.3 Å². The Morgan fingerprint density at radius 1 is 1.33 bits per heavy atom. The van der Waals surface area contributed by atoms with Crippen LogP contribution < -0.4 is 0 Å². The van der Waals surface area contributed by atoms with Crippen molar-refractivity contribution >= 4 is 21.7 Å². The number of nitrogens with one attached hydrogen (secondary N) is 1. The first kappa shape index (κ1) is 19.4. The van der Waals surface area contributed by atoms with Gasteiger partial charge in [0.15, 0.2) is 0 Å². The fourth-order valence-electron chi connectivity index (χ4n) is 2.81. The second kappa shape index (κ2) is 7.00. The molecule has 1 atom stereocenters. The minimum absolute atomic E-state index is 0.103. The molecule has 1 aliphatic heterocycles. The number of aliphatic imine (C=N–C) groups is 1. The summed E-state index contributed by atoms with van der Waals surface area (Å²) in [6.07, 6.45) is 0.0580. The van der Waals surface area contributed by atoms with Crippen LogP contribution in [0.15, 0.2) is 23.7 Å². The number of aromatic amines is 1. The minimum Gasteiger partial charge on any atom is -0.343 e. The number of sulfonamides is 1. The molecule has 0 amide bonds. The fraction of sp³-hybridized carbons (Fsp3) is 0.467. The second-order valence-corrected chi connectivity index (χ2v) is 8.25. The quantitative estimate of drug-likeness (QED) is 0.848. The van der Waals surface area contributed by atoms with Crippen molar-refractivity contribution in [3.8, 4) is 11.4 Å². The van der Waals surface area contributed by atoms with Crippen LogP contribution >= 0.6 is 0 Å². The third kappa shape index (κ3) is 4.33. The minimum atomic E-state index is -4.62. The Hall–Kier alpha value is -2.34. The Balaban J connectivity index is 1.94.